The van der Waals surface area contributed by atoms with Crippen molar-refractivity contribution in [3.63, 3.8) is 0 Å². The number of halogens is 3. The Balaban J connectivity index is 3.59. The van der Waals surface area contributed by atoms with Gasteiger partial charge in [0.1, 0.15) is 5.75 Å². The third-order valence-electron chi connectivity index (χ3n) is 2.21. The predicted molar refractivity (Wildman–Crippen MR) is 62.1 cm³/mol. The van der Waals surface area contributed by atoms with Gasteiger partial charge in [0, 0.05) is 22.8 Å². The van der Waals surface area contributed by atoms with Gasteiger partial charge in [-0.05, 0) is 6.42 Å². The zero-order valence-corrected chi connectivity index (χ0v) is 11.0. The van der Waals surface area contributed by atoms with Gasteiger partial charge in [-0.3, -0.25) is 10.1 Å². The first-order chi connectivity index (χ1) is 8.66. The molecule has 1 rings (SSSR count). The molecule has 106 valence electrons. The number of hydrogen-bond donors (Lipinski definition) is 0. The van der Waals surface area contributed by atoms with Crippen LogP contribution in [0.2, 0.25) is 0 Å². The van der Waals surface area contributed by atoms with Crippen LogP contribution >= 0.6 is 10.7 Å². The Morgan fingerprint density at radius 1 is 1.47 bits per heavy atom. The number of hydrogen-bond acceptors (Lipinski definition) is 5. The van der Waals surface area contributed by atoms with E-state index >= 15 is 0 Å². The van der Waals surface area contributed by atoms with Crippen LogP contribution in [-0.4, -0.2) is 20.0 Å². The number of ether oxygens (including phenoxy) is 1. The zero-order chi connectivity index (χ0) is 14.8. The lowest BCUT2D eigenvalue weighted by Gasteiger charge is -2.11. The SMILES string of the molecule is CCc1c(OC(F)F)cc(S(=O)(=O)Cl)cc1[N+](=O)[O-]. The van der Waals surface area contributed by atoms with E-state index in [-0.39, 0.29) is 12.0 Å². The van der Waals surface area contributed by atoms with Crippen LogP contribution in [0.15, 0.2) is 17.0 Å². The van der Waals surface area contributed by atoms with Gasteiger partial charge < -0.3 is 4.74 Å². The van der Waals surface area contributed by atoms with E-state index in [1.165, 1.54) is 6.92 Å². The van der Waals surface area contributed by atoms with E-state index in [2.05, 4.69) is 4.74 Å². The second-order valence-corrected chi connectivity index (χ2v) is 5.91. The van der Waals surface area contributed by atoms with E-state index in [0.29, 0.717) is 6.07 Å². The highest BCUT2D eigenvalue weighted by Crippen LogP contribution is 2.34. The topological polar surface area (TPSA) is 86.5 Å². The van der Waals surface area contributed by atoms with E-state index in [1.807, 2.05) is 0 Å². The Labute approximate surface area is 111 Å². The lowest BCUT2D eigenvalue weighted by atomic mass is 10.1. The van der Waals surface area contributed by atoms with Gasteiger partial charge in [-0.15, -0.1) is 0 Å². The Morgan fingerprint density at radius 3 is 2.42 bits per heavy atom. The van der Waals surface area contributed by atoms with E-state index in [4.69, 9.17) is 10.7 Å². The quantitative estimate of drug-likeness (QED) is 0.473. The highest BCUT2D eigenvalue weighted by Gasteiger charge is 2.25. The summed E-state index contributed by atoms with van der Waals surface area (Å²) in [4.78, 5) is 9.26. The summed E-state index contributed by atoms with van der Waals surface area (Å²) in [7, 11) is 0.747. The number of alkyl halides is 2. The highest BCUT2D eigenvalue weighted by atomic mass is 35.7. The predicted octanol–water partition coefficient (Wildman–Crippen LogP) is 2.69. The van der Waals surface area contributed by atoms with Crippen LogP contribution in [0.5, 0.6) is 5.75 Å². The fourth-order valence-electron chi connectivity index (χ4n) is 1.47. The summed E-state index contributed by atoms with van der Waals surface area (Å²) in [5.74, 6) is -0.578. The average Bonchev–Trinajstić information content (AvgIpc) is 2.25. The van der Waals surface area contributed by atoms with Crippen molar-refractivity contribution in [2.45, 2.75) is 24.9 Å². The molecule has 0 fully saturated rings. The van der Waals surface area contributed by atoms with Crippen LogP contribution in [0.3, 0.4) is 0 Å². The van der Waals surface area contributed by atoms with E-state index in [0.717, 1.165) is 6.07 Å². The molecule has 0 unspecified atom stereocenters. The fraction of sp³-hybridized carbons (Fsp3) is 0.333. The molecule has 0 saturated heterocycles. The van der Waals surface area contributed by atoms with Crippen molar-refractivity contribution in [2.75, 3.05) is 0 Å². The second-order valence-electron chi connectivity index (χ2n) is 3.35. The molecule has 1 aromatic rings. The zero-order valence-electron chi connectivity index (χ0n) is 9.47. The number of nitro groups is 1. The van der Waals surface area contributed by atoms with Crippen molar-refractivity contribution in [1.82, 2.24) is 0 Å². The highest BCUT2D eigenvalue weighted by molar-refractivity contribution is 8.13. The van der Waals surface area contributed by atoms with Gasteiger partial charge in [0.25, 0.3) is 14.7 Å². The van der Waals surface area contributed by atoms with Gasteiger partial charge in [0.05, 0.1) is 15.4 Å². The molecule has 0 aliphatic rings. The molecule has 0 N–H and O–H groups in total. The number of benzene rings is 1. The van der Waals surface area contributed by atoms with Gasteiger partial charge in [-0.2, -0.15) is 8.78 Å². The standard InChI is InChI=1S/C9H8ClF2NO5S/c1-2-6-7(13(14)15)3-5(19(10,16)17)4-8(6)18-9(11)12/h3-4,9H,2H2,1H3. The van der Waals surface area contributed by atoms with Crippen molar-refractivity contribution in [3.8, 4) is 5.75 Å². The Morgan fingerprint density at radius 2 is 2.05 bits per heavy atom. The van der Waals surface area contributed by atoms with Crippen LogP contribution in [-0.2, 0) is 15.5 Å². The van der Waals surface area contributed by atoms with Crippen LogP contribution in [0, 0.1) is 10.1 Å². The van der Waals surface area contributed by atoms with Gasteiger partial charge in [-0.1, -0.05) is 6.92 Å². The minimum absolute atomic E-state index is 0.0149. The van der Waals surface area contributed by atoms with Gasteiger partial charge in [-0.25, -0.2) is 8.42 Å². The minimum atomic E-state index is -4.30. The molecule has 19 heavy (non-hydrogen) atoms. The number of nitrogens with zero attached hydrogens (tertiary/aromatic N) is 1. The molecule has 6 nitrogen and oxygen atoms in total. The molecule has 0 aliphatic heterocycles. The maximum absolute atomic E-state index is 12.2. The van der Waals surface area contributed by atoms with E-state index in [9.17, 15) is 27.3 Å². The van der Waals surface area contributed by atoms with E-state index < -0.39 is 36.9 Å². The molecule has 0 bridgehead atoms. The lowest BCUT2D eigenvalue weighted by molar-refractivity contribution is -0.385. The van der Waals surface area contributed by atoms with Crippen LogP contribution in [0.4, 0.5) is 14.5 Å². The molecular formula is C9H8ClF2NO5S. The normalized spacial score (nSPS) is 11.6. The first-order valence-electron chi connectivity index (χ1n) is 4.87. The average molecular weight is 316 g/mol. The lowest BCUT2D eigenvalue weighted by Crippen LogP contribution is -2.07. The van der Waals surface area contributed by atoms with Crippen molar-refractivity contribution < 1.29 is 26.9 Å². The fourth-order valence-corrected chi connectivity index (χ4v) is 2.23. The first kappa shape index (κ1) is 15.6. The Bertz CT molecular complexity index is 605. The summed E-state index contributed by atoms with van der Waals surface area (Å²) in [5, 5.41) is 10.8. The summed E-state index contributed by atoms with van der Waals surface area (Å²) < 4.78 is 50.8. The minimum Gasteiger partial charge on any atom is -0.434 e. The first-order valence-corrected chi connectivity index (χ1v) is 7.18. The molecule has 0 atom stereocenters. The third kappa shape index (κ3) is 3.74. The third-order valence-corrected chi connectivity index (χ3v) is 3.54. The van der Waals surface area contributed by atoms with Gasteiger partial charge >= 0.3 is 6.61 Å². The van der Waals surface area contributed by atoms with Crippen molar-refractivity contribution >= 4 is 25.4 Å². The molecule has 0 aromatic heterocycles. The smallest absolute Gasteiger partial charge is 0.387 e. The summed E-state index contributed by atoms with van der Waals surface area (Å²) in [6.07, 6.45) is 0.0149. The van der Waals surface area contributed by atoms with Crippen molar-refractivity contribution in [2.24, 2.45) is 0 Å². The molecule has 0 aliphatic carbocycles. The molecule has 0 radical (unpaired) electrons. The molecule has 0 heterocycles. The molecule has 0 amide bonds. The van der Waals surface area contributed by atoms with Gasteiger partial charge in [0.2, 0.25) is 0 Å². The monoisotopic (exact) mass is 315 g/mol. The summed E-state index contributed by atoms with van der Waals surface area (Å²) >= 11 is 0. The van der Waals surface area contributed by atoms with E-state index in [1.54, 1.807) is 0 Å². The van der Waals surface area contributed by atoms with Crippen molar-refractivity contribution in [3.05, 3.63) is 27.8 Å². The number of rotatable bonds is 5. The molecule has 0 spiro atoms. The molecular weight excluding hydrogens is 308 g/mol. The van der Waals surface area contributed by atoms with Crippen LogP contribution in [0.1, 0.15) is 12.5 Å². The maximum atomic E-state index is 12.2. The van der Waals surface area contributed by atoms with Crippen LogP contribution < -0.4 is 4.74 Å². The summed E-state index contributed by atoms with van der Waals surface area (Å²) in [6, 6.07) is 1.44. The number of nitro benzene ring substituents is 1. The van der Waals surface area contributed by atoms with Crippen molar-refractivity contribution in [1.29, 1.82) is 0 Å². The largest absolute Gasteiger partial charge is 0.434 e. The van der Waals surface area contributed by atoms with Crippen LogP contribution in [0.25, 0.3) is 0 Å². The molecule has 1 aromatic carbocycles. The maximum Gasteiger partial charge on any atom is 0.387 e. The summed E-state index contributed by atoms with van der Waals surface area (Å²) in [6.45, 7) is -1.76. The second kappa shape index (κ2) is 5.66. The van der Waals surface area contributed by atoms with Gasteiger partial charge in [0.15, 0.2) is 0 Å². The molecule has 10 heteroatoms. The Hall–Kier alpha value is -1.48. The summed E-state index contributed by atoms with van der Waals surface area (Å²) in [5.41, 5.74) is -0.769. The molecule has 0 saturated carbocycles. The Kier molecular flexibility index (Phi) is 4.64.